The van der Waals surface area contributed by atoms with Crippen molar-refractivity contribution >= 4 is 18.9 Å². The van der Waals surface area contributed by atoms with E-state index in [1.54, 1.807) is 11.0 Å². The van der Waals surface area contributed by atoms with Crippen LogP contribution in [0.3, 0.4) is 0 Å². The molecule has 1 aromatic carbocycles. The van der Waals surface area contributed by atoms with Crippen LogP contribution in [-0.4, -0.2) is 10.7 Å². The number of nitrogens with zero attached hydrogens (tertiary/aromatic N) is 1. The van der Waals surface area contributed by atoms with Crippen LogP contribution in [0.2, 0.25) is 0 Å². The number of fused-ring (bicyclic) bond motifs is 1. The molecule has 24 heavy (non-hydrogen) atoms. The van der Waals surface area contributed by atoms with E-state index in [9.17, 15) is 0 Å². The first kappa shape index (κ1) is 17.5. The van der Waals surface area contributed by atoms with Crippen molar-refractivity contribution in [2.45, 2.75) is 70.0 Å². The van der Waals surface area contributed by atoms with E-state index in [0.717, 1.165) is 17.8 Å². The minimum atomic E-state index is -0.192. The zero-order chi connectivity index (χ0) is 15.8. The summed E-state index contributed by atoms with van der Waals surface area (Å²) < 4.78 is 0. The Labute approximate surface area is 160 Å². The molecule has 0 N–H and O–H groups in total. The third-order valence-electron chi connectivity index (χ3n) is 6.87. The molecule has 4 bridgehead atoms. The van der Waals surface area contributed by atoms with Gasteiger partial charge in [0.2, 0.25) is 0 Å². The Bertz CT molecular complexity index is 600. The summed E-state index contributed by atoms with van der Waals surface area (Å²) in [5.74, 6) is 3.05. The molecule has 5 aliphatic rings. The molecule has 0 spiro atoms. The fraction of sp³-hybridized carbons (Fsp3) is 0.667. The van der Waals surface area contributed by atoms with E-state index < -0.39 is 0 Å². The quantitative estimate of drug-likeness (QED) is 0.434. The average Bonchev–Trinajstić information content (AvgIpc) is 2.86. The van der Waals surface area contributed by atoms with Gasteiger partial charge in [0.25, 0.3) is 0 Å². The Hall–Kier alpha value is 0.0474. The predicted octanol–water partition coefficient (Wildman–Crippen LogP) is 2.50. The molecule has 4 aliphatic carbocycles. The van der Waals surface area contributed by atoms with Crippen LogP contribution in [0.4, 0.5) is 5.69 Å². The predicted molar refractivity (Wildman–Crippen MR) is 100 cm³/mol. The van der Waals surface area contributed by atoms with E-state index >= 15 is 0 Å². The summed E-state index contributed by atoms with van der Waals surface area (Å²) in [7, 11) is -0.192. The van der Waals surface area contributed by atoms with E-state index in [-0.39, 0.29) is 26.8 Å². The second kappa shape index (κ2) is 5.77. The van der Waals surface area contributed by atoms with Gasteiger partial charge in [-0.15, -0.1) is 0 Å². The molecule has 1 aromatic rings. The van der Waals surface area contributed by atoms with Crippen LogP contribution in [0.25, 0.3) is 0 Å². The maximum Gasteiger partial charge on any atom is 1.00 e. The molecule has 1 atom stereocenters. The average molecular weight is 333 g/mol. The zero-order valence-corrected chi connectivity index (χ0v) is 16.7. The van der Waals surface area contributed by atoms with E-state index in [4.69, 9.17) is 0 Å². The SMILES string of the molecule is CC(C)(C)P1[CH-]N(C23CC4CC(CC(C4)C2)C3)c2ccccc21.[Li+]. The Morgan fingerprint density at radius 2 is 1.54 bits per heavy atom. The summed E-state index contributed by atoms with van der Waals surface area (Å²) >= 11 is 0. The third kappa shape index (κ3) is 2.54. The maximum atomic E-state index is 2.81. The molecule has 0 saturated heterocycles. The molecule has 1 heterocycles. The molecule has 1 aliphatic heterocycles. The van der Waals surface area contributed by atoms with Crippen molar-refractivity contribution in [2.75, 3.05) is 4.90 Å². The minimum Gasteiger partial charge on any atom is -0.512 e. The van der Waals surface area contributed by atoms with Gasteiger partial charge in [-0.1, -0.05) is 39.0 Å². The van der Waals surface area contributed by atoms with Crippen LogP contribution in [0.15, 0.2) is 24.3 Å². The van der Waals surface area contributed by atoms with E-state index in [1.165, 1.54) is 38.5 Å². The summed E-state index contributed by atoms with van der Waals surface area (Å²) in [6.45, 7) is 7.28. The first-order valence-corrected chi connectivity index (χ1v) is 10.9. The number of anilines is 1. The Balaban J connectivity index is 0.00000146. The normalized spacial score (nSPS) is 39.7. The van der Waals surface area contributed by atoms with Crippen molar-refractivity contribution in [3.63, 3.8) is 0 Å². The molecule has 1 unspecified atom stereocenters. The fourth-order valence-electron chi connectivity index (χ4n) is 6.38. The zero-order valence-electron chi connectivity index (χ0n) is 15.8. The van der Waals surface area contributed by atoms with Gasteiger partial charge < -0.3 is 4.90 Å². The number of para-hydroxylation sites is 1. The third-order valence-corrected chi connectivity index (χ3v) is 9.68. The van der Waals surface area contributed by atoms with Crippen molar-refractivity contribution in [3.05, 3.63) is 30.6 Å². The Morgan fingerprint density at radius 1 is 1.00 bits per heavy atom. The molecule has 124 valence electrons. The van der Waals surface area contributed by atoms with E-state index in [1.807, 2.05) is 0 Å². The van der Waals surface area contributed by atoms with Crippen LogP contribution >= 0.6 is 7.92 Å². The number of hydrogen-bond donors (Lipinski definition) is 0. The smallest absolute Gasteiger partial charge is 0.512 e. The van der Waals surface area contributed by atoms with Gasteiger partial charge in [-0.25, -0.2) is 14.2 Å². The van der Waals surface area contributed by atoms with Crippen LogP contribution in [0.1, 0.15) is 59.3 Å². The fourth-order valence-corrected chi connectivity index (χ4v) is 8.85. The number of benzene rings is 1. The first-order chi connectivity index (χ1) is 10.9. The number of hydrogen-bond acceptors (Lipinski definition) is 1. The Morgan fingerprint density at radius 3 is 2.08 bits per heavy atom. The van der Waals surface area contributed by atoms with Gasteiger partial charge >= 0.3 is 18.9 Å². The number of rotatable bonds is 1. The van der Waals surface area contributed by atoms with Crippen LogP contribution < -0.4 is 29.1 Å². The van der Waals surface area contributed by atoms with Gasteiger partial charge in [0.1, 0.15) is 0 Å². The van der Waals surface area contributed by atoms with Gasteiger partial charge in [0, 0.05) is 11.2 Å². The van der Waals surface area contributed by atoms with Crippen molar-refractivity contribution < 1.29 is 18.9 Å². The second-order valence-corrected chi connectivity index (χ2v) is 12.5. The molecule has 1 nitrogen and oxygen atoms in total. The standard InChI is InChI=1S/C21H29NP.Li/c1-20(2,3)23-14-22(18-6-4-5-7-19(18)23)21-11-15-8-16(12-21)10-17(9-15)13-21;/h4-7,14-17H,8-13H2,1-3H3;/q-1;+1. The van der Waals surface area contributed by atoms with Crippen LogP contribution in [0, 0.1) is 24.0 Å². The van der Waals surface area contributed by atoms with Crippen molar-refractivity contribution in [2.24, 2.45) is 17.8 Å². The van der Waals surface area contributed by atoms with Crippen LogP contribution in [-0.2, 0) is 0 Å². The molecule has 0 radical (unpaired) electrons. The largest absolute Gasteiger partial charge is 1.00 e. The summed E-state index contributed by atoms with van der Waals surface area (Å²) in [6.07, 6.45) is 11.6. The Kier molecular flexibility index (Phi) is 4.20. The van der Waals surface area contributed by atoms with Crippen LogP contribution in [0.5, 0.6) is 0 Å². The summed E-state index contributed by atoms with van der Waals surface area (Å²) in [4.78, 5) is 2.81. The minimum absolute atomic E-state index is 0. The second-order valence-electron chi connectivity index (χ2n) is 9.66. The monoisotopic (exact) mass is 333 g/mol. The summed E-state index contributed by atoms with van der Waals surface area (Å²) in [5, 5.41) is 1.99. The van der Waals surface area contributed by atoms with Gasteiger partial charge in [-0.05, 0) is 72.8 Å². The van der Waals surface area contributed by atoms with E-state index in [0.29, 0.717) is 10.7 Å². The topological polar surface area (TPSA) is 3.24 Å². The molecule has 4 saturated carbocycles. The summed E-state index contributed by atoms with van der Waals surface area (Å²) in [6, 6.07) is 9.31. The molecule has 0 aromatic heterocycles. The van der Waals surface area contributed by atoms with E-state index in [2.05, 4.69) is 56.2 Å². The van der Waals surface area contributed by atoms with Gasteiger partial charge in [-0.3, -0.25) is 0 Å². The van der Waals surface area contributed by atoms with Gasteiger partial charge in [0.05, 0.1) is 0 Å². The van der Waals surface area contributed by atoms with Crippen molar-refractivity contribution in [3.8, 4) is 0 Å². The molecular formula is C21H29LiNP. The molecule has 6 rings (SSSR count). The maximum absolute atomic E-state index is 2.81. The van der Waals surface area contributed by atoms with Gasteiger partial charge in [0.15, 0.2) is 0 Å². The summed E-state index contributed by atoms with van der Waals surface area (Å²) in [5.41, 5.74) is 2.02. The molecule has 0 amide bonds. The molecular weight excluding hydrogens is 304 g/mol. The molecule has 4 fully saturated rings. The van der Waals surface area contributed by atoms with Gasteiger partial charge in [-0.2, -0.15) is 0 Å². The first-order valence-electron chi connectivity index (χ1n) is 9.47. The molecule has 3 heteroatoms. The van der Waals surface area contributed by atoms with Crippen molar-refractivity contribution in [1.82, 2.24) is 0 Å². The van der Waals surface area contributed by atoms with Crippen molar-refractivity contribution in [1.29, 1.82) is 0 Å².